The van der Waals surface area contributed by atoms with Crippen LogP contribution in [0.4, 0.5) is 0 Å². The Labute approximate surface area is 147 Å². The van der Waals surface area contributed by atoms with E-state index in [4.69, 9.17) is 39.5 Å². The molecule has 1 heterocycles. The van der Waals surface area contributed by atoms with Crippen LogP contribution < -0.4 is 4.74 Å². The van der Waals surface area contributed by atoms with Crippen molar-refractivity contribution in [2.45, 2.75) is 33.4 Å². The third-order valence-corrected chi connectivity index (χ3v) is 4.97. The molecule has 0 amide bonds. The fourth-order valence-corrected chi connectivity index (χ4v) is 3.19. The van der Waals surface area contributed by atoms with Gasteiger partial charge in [-0.25, -0.2) is 0 Å². The lowest BCUT2D eigenvalue weighted by molar-refractivity contribution is 0.292. The van der Waals surface area contributed by atoms with Crippen LogP contribution in [0.25, 0.3) is 0 Å². The van der Waals surface area contributed by atoms with Crippen LogP contribution in [0.5, 0.6) is 5.75 Å². The van der Waals surface area contributed by atoms with Crippen LogP contribution in [0.15, 0.2) is 16.6 Å². The summed E-state index contributed by atoms with van der Waals surface area (Å²) in [5.41, 5.74) is 1.98. The minimum Gasteiger partial charge on any atom is -0.486 e. The van der Waals surface area contributed by atoms with E-state index < -0.39 is 0 Å². The van der Waals surface area contributed by atoms with Gasteiger partial charge in [-0.2, -0.15) is 5.10 Å². The Hall–Kier alpha value is -0.420. The highest BCUT2D eigenvalue weighted by Crippen LogP contribution is 2.34. The highest BCUT2D eigenvalue weighted by Gasteiger charge is 2.15. The fraction of sp³-hybridized carbons (Fsp3) is 0.357. The molecule has 114 valence electrons. The maximum atomic E-state index is 6.11. The van der Waals surface area contributed by atoms with Crippen LogP contribution in [-0.4, -0.2) is 9.78 Å². The number of hydrogen-bond acceptors (Lipinski definition) is 2. The summed E-state index contributed by atoms with van der Waals surface area (Å²) in [5.74, 6) is 0.500. The Bertz CT molecular complexity index is 658. The molecule has 0 N–H and O–H groups in total. The molecular weight excluding hydrogens is 398 g/mol. The average molecular weight is 413 g/mol. The molecule has 0 saturated carbocycles. The van der Waals surface area contributed by atoms with Crippen molar-refractivity contribution >= 4 is 50.7 Å². The fourth-order valence-electron chi connectivity index (χ4n) is 1.92. The third kappa shape index (κ3) is 3.67. The quantitative estimate of drug-likeness (QED) is 0.583. The van der Waals surface area contributed by atoms with Gasteiger partial charge in [0.25, 0.3) is 0 Å². The first kappa shape index (κ1) is 16.9. The summed E-state index contributed by atoms with van der Waals surface area (Å²) in [4.78, 5) is 0. The van der Waals surface area contributed by atoms with E-state index in [0.29, 0.717) is 27.4 Å². The lowest BCUT2D eigenvalue weighted by Crippen LogP contribution is -2.06. The Balaban J connectivity index is 2.24. The first-order chi connectivity index (χ1) is 9.97. The zero-order valence-corrected chi connectivity index (χ0v) is 15.4. The number of aromatic nitrogens is 2. The normalized spacial score (nSPS) is 11.0. The molecule has 0 aliphatic heterocycles. The molecule has 0 aliphatic carbocycles. The van der Waals surface area contributed by atoms with E-state index in [1.165, 1.54) is 0 Å². The third-order valence-electron chi connectivity index (χ3n) is 3.03. The van der Waals surface area contributed by atoms with Gasteiger partial charge in [-0.3, -0.25) is 4.68 Å². The lowest BCUT2D eigenvalue weighted by Gasteiger charge is -2.11. The number of halogens is 4. The zero-order chi connectivity index (χ0) is 15.6. The summed E-state index contributed by atoms with van der Waals surface area (Å²) in [6, 6.07) is 3.19. The van der Waals surface area contributed by atoms with Crippen molar-refractivity contribution in [1.29, 1.82) is 0 Å². The summed E-state index contributed by atoms with van der Waals surface area (Å²) in [6.07, 6.45) is 0.855. The molecule has 0 saturated heterocycles. The van der Waals surface area contributed by atoms with Crippen molar-refractivity contribution in [2.75, 3.05) is 0 Å². The van der Waals surface area contributed by atoms with Crippen molar-refractivity contribution in [2.24, 2.45) is 0 Å². The van der Waals surface area contributed by atoms with Gasteiger partial charge >= 0.3 is 0 Å². The number of nitrogens with zero attached hydrogens (tertiary/aromatic N) is 2. The minimum absolute atomic E-state index is 0.346. The molecule has 0 radical (unpaired) electrons. The van der Waals surface area contributed by atoms with Gasteiger partial charge in [0, 0.05) is 12.6 Å². The van der Waals surface area contributed by atoms with E-state index >= 15 is 0 Å². The van der Waals surface area contributed by atoms with E-state index in [-0.39, 0.29) is 0 Å². The Morgan fingerprint density at radius 3 is 2.43 bits per heavy atom. The summed E-state index contributed by atoms with van der Waals surface area (Å²) in [5, 5.41) is 5.77. The summed E-state index contributed by atoms with van der Waals surface area (Å²) < 4.78 is 8.66. The smallest absolute Gasteiger partial charge is 0.140 e. The SMILES string of the molecule is CCc1nn(CC)c(COc2cc(Cl)c(Cl)cc2Cl)c1Br. The maximum absolute atomic E-state index is 6.11. The van der Waals surface area contributed by atoms with Crippen LogP contribution in [-0.2, 0) is 19.6 Å². The van der Waals surface area contributed by atoms with Crippen molar-refractivity contribution in [3.05, 3.63) is 43.1 Å². The highest BCUT2D eigenvalue weighted by atomic mass is 79.9. The van der Waals surface area contributed by atoms with Crippen molar-refractivity contribution in [1.82, 2.24) is 9.78 Å². The molecule has 3 nitrogen and oxygen atoms in total. The van der Waals surface area contributed by atoms with E-state index in [1.807, 2.05) is 11.6 Å². The standard InChI is InChI=1S/C14H14BrCl3N2O/c1-3-11-14(15)12(20(4-2)19-11)7-21-13-6-9(17)8(16)5-10(13)18/h5-6H,3-4,7H2,1-2H3. The second kappa shape index (κ2) is 7.23. The van der Waals surface area contributed by atoms with Crippen LogP contribution >= 0.6 is 50.7 Å². The molecule has 2 aromatic rings. The summed E-state index contributed by atoms with van der Waals surface area (Å²) in [6.45, 7) is 5.22. The molecule has 1 aromatic carbocycles. The molecule has 0 aliphatic rings. The Morgan fingerprint density at radius 1 is 1.14 bits per heavy atom. The predicted molar refractivity (Wildman–Crippen MR) is 90.8 cm³/mol. The zero-order valence-electron chi connectivity index (χ0n) is 11.6. The monoisotopic (exact) mass is 410 g/mol. The molecule has 0 atom stereocenters. The van der Waals surface area contributed by atoms with Gasteiger partial charge in [0.05, 0.1) is 30.9 Å². The molecule has 0 unspecified atom stereocenters. The van der Waals surface area contributed by atoms with E-state index in [2.05, 4.69) is 28.0 Å². The summed E-state index contributed by atoms with van der Waals surface area (Å²) >= 11 is 21.6. The number of benzene rings is 1. The van der Waals surface area contributed by atoms with Crippen molar-refractivity contribution < 1.29 is 4.74 Å². The second-order valence-electron chi connectivity index (χ2n) is 4.36. The molecule has 0 spiro atoms. The maximum Gasteiger partial charge on any atom is 0.140 e. The van der Waals surface area contributed by atoms with E-state index in [0.717, 1.165) is 28.8 Å². The van der Waals surface area contributed by atoms with Gasteiger partial charge in [0.2, 0.25) is 0 Å². The molecule has 1 aromatic heterocycles. The first-order valence-electron chi connectivity index (χ1n) is 6.49. The lowest BCUT2D eigenvalue weighted by atomic mass is 10.3. The number of aryl methyl sites for hydroxylation is 2. The molecule has 2 rings (SSSR count). The average Bonchev–Trinajstić information content (AvgIpc) is 2.77. The van der Waals surface area contributed by atoms with Gasteiger partial charge < -0.3 is 4.74 Å². The molecular formula is C14H14BrCl3N2O. The van der Waals surface area contributed by atoms with Gasteiger partial charge in [-0.1, -0.05) is 41.7 Å². The molecule has 0 fully saturated rings. The van der Waals surface area contributed by atoms with Gasteiger partial charge in [-0.15, -0.1) is 0 Å². The predicted octanol–water partition coefficient (Wildman–Crippen LogP) is 5.77. The van der Waals surface area contributed by atoms with Crippen molar-refractivity contribution in [3.8, 4) is 5.75 Å². The van der Waals surface area contributed by atoms with Gasteiger partial charge in [0.15, 0.2) is 0 Å². The van der Waals surface area contributed by atoms with E-state index in [9.17, 15) is 0 Å². The number of hydrogen-bond donors (Lipinski definition) is 0. The Kier molecular flexibility index (Phi) is 5.83. The van der Waals surface area contributed by atoms with Crippen LogP contribution in [0.2, 0.25) is 15.1 Å². The van der Waals surface area contributed by atoms with Crippen LogP contribution in [0.3, 0.4) is 0 Å². The van der Waals surface area contributed by atoms with Crippen LogP contribution in [0, 0.1) is 0 Å². The topological polar surface area (TPSA) is 27.1 Å². The molecule has 21 heavy (non-hydrogen) atoms. The first-order valence-corrected chi connectivity index (χ1v) is 8.42. The van der Waals surface area contributed by atoms with Gasteiger partial charge in [0.1, 0.15) is 12.4 Å². The Morgan fingerprint density at radius 2 is 1.81 bits per heavy atom. The highest BCUT2D eigenvalue weighted by molar-refractivity contribution is 9.10. The minimum atomic E-state index is 0.346. The number of rotatable bonds is 5. The van der Waals surface area contributed by atoms with E-state index in [1.54, 1.807) is 12.1 Å². The van der Waals surface area contributed by atoms with Crippen LogP contribution in [0.1, 0.15) is 25.2 Å². The second-order valence-corrected chi connectivity index (χ2v) is 6.38. The molecule has 7 heteroatoms. The number of ether oxygens (including phenoxy) is 1. The van der Waals surface area contributed by atoms with Crippen molar-refractivity contribution in [3.63, 3.8) is 0 Å². The molecule has 0 bridgehead atoms. The largest absolute Gasteiger partial charge is 0.486 e. The summed E-state index contributed by atoms with van der Waals surface area (Å²) in [7, 11) is 0. The van der Waals surface area contributed by atoms with Gasteiger partial charge in [-0.05, 0) is 35.3 Å².